The highest BCUT2D eigenvalue weighted by atomic mass is 35.5. The number of sulfonamides is 1. The number of anilines is 1. The van der Waals surface area contributed by atoms with Crippen LogP contribution in [0.15, 0.2) is 70.7 Å². The smallest absolute Gasteiger partial charge is 0.244 e. The molecule has 4 rings (SSSR count). The number of methoxy groups -OCH3 is 1. The lowest BCUT2D eigenvalue weighted by atomic mass is 10.0. The molecule has 3 aromatic carbocycles. The van der Waals surface area contributed by atoms with E-state index in [0.29, 0.717) is 32.9 Å². The zero-order chi connectivity index (χ0) is 25.2. The third kappa shape index (κ3) is 5.66. The van der Waals surface area contributed by atoms with Crippen LogP contribution in [-0.4, -0.2) is 33.0 Å². The van der Waals surface area contributed by atoms with Crippen LogP contribution in [0.1, 0.15) is 18.0 Å². The van der Waals surface area contributed by atoms with Crippen molar-refractivity contribution in [1.82, 2.24) is 4.72 Å². The van der Waals surface area contributed by atoms with Gasteiger partial charge in [0, 0.05) is 22.5 Å². The summed E-state index contributed by atoms with van der Waals surface area (Å²) >= 11 is 18.6. The lowest BCUT2D eigenvalue weighted by Gasteiger charge is -2.25. The fourth-order valence-electron chi connectivity index (χ4n) is 3.69. The highest BCUT2D eigenvalue weighted by molar-refractivity contribution is 7.89. The summed E-state index contributed by atoms with van der Waals surface area (Å²) in [5.74, 6) is 0.0519. The number of halogens is 3. The highest BCUT2D eigenvalue weighted by Crippen LogP contribution is 2.40. The molecule has 0 bridgehead atoms. The molecule has 3 aromatic rings. The second-order valence-corrected chi connectivity index (χ2v) is 10.6. The summed E-state index contributed by atoms with van der Waals surface area (Å²) in [5.41, 5.74) is 2.13. The van der Waals surface area contributed by atoms with Gasteiger partial charge < -0.3 is 9.62 Å². The Bertz CT molecular complexity index is 1370. The van der Waals surface area contributed by atoms with Gasteiger partial charge in [0.25, 0.3) is 0 Å². The Morgan fingerprint density at radius 1 is 1.06 bits per heavy atom. The molecule has 0 aliphatic carbocycles. The number of hydrogen-bond acceptors (Lipinski definition) is 7. The molecular weight excluding hydrogens is 537 g/mol. The van der Waals surface area contributed by atoms with Crippen molar-refractivity contribution in [2.45, 2.75) is 17.4 Å². The SMILES string of the molecule is COc1ccc(OO)cc1S(=O)(=O)NCC1=NN(c2ccc(Cl)cc2Cl)C(c2ccc(Cl)cc2)C1. The van der Waals surface area contributed by atoms with Gasteiger partial charge in [-0.15, -0.1) is 0 Å². The van der Waals surface area contributed by atoms with Crippen LogP contribution in [-0.2, 0) is 10.0 Å². The first-order valence-electron chi connectivity index (χ1n) is 10.3. The van der Waals surface area contributed by atoms with Crippen molar-refractivity contribution < 1.29 is 23.3 Å². The fraction of sp³-hybridized carbons (Fsp3) is 0.174. The zero-order valence-electron chi connectivity index (χ0n) is 18.3. The predicted molar refractivity (Wildman–Crippen MR) is 137 cm³/mol. The Labute approximate surface area is 217 Å². The molecule has 1 heterocycles. The van der Waals surface area contributed by atoms with Crippen LogP contribution in [0.5, 0.6) is 11.5 Å². The van der Waals surface area contributed by atoms with E-state index in [9.17, 15) is 8.42 Å². The molecule has 0 saturated heterocycles. The van der Waals surface area contributed by atoms with Gasteiger partial charge in [-0.3, -0.25) is 5.01 Å². The minimum Gasteiger partial charge on any atom is -0.495 e. The van der Waals surface area contributed by atoms with Crippen LogP contribution >= 0.6 is 34.8 Å². The summed E-state index contributed by atoms with van der Waals surface area (Å²) in [4.78, 5) is 3.99. The maximum atomic E-state index is 13.0. The van der Waals surface area contributed by atoms with Gasteiger partial charge in [-0.1, -0.05) is 46.9 Å². The molecule has 1 aliphatic heterocycles. The molecule has 35 heavy (non-hydrogen) atoms. The first-order chi connectivity index (χ1) is 16.7. The van der Waals surface area contributed by atoms with Crippen molar-refractivity contribution in [2.24, 2.45) is 5.10 Å². The Morgan fingerprint density at radius 3 is 2.43 bits per heavy atom. The van der Waals surface area contributed by atoms with E-state index in [1.165, 1.54) is 19.2 Å². The lowest BCUT2D eigenvalue weighted by Crippen LogP contribution is -2.29. The predicted octanol–water partition coefficient (Wildman–Crippen LogP) is 5.79. The molecule has 0 amide bonds. The molecule has 12 heteroatoms. The molecule has 0 aromatic heterocycles. The molecule has 8 nitrogen and oxygen atoms in total. The van der Waals surface area contributed by atoms with Crippen molar-refractivity contribution in [3.8, 4) is 11.5 Å². The molecule has 2 N–H and O–H groups in total. The molecule has 1 atom stereocenters. The van der Waals surface area contributed by atoms with Crippen molar-refractivity contribution >= 4 is 56.2 Å². The van der Waals surface area contributed by atoms with Gasteiger partial charge in [-0.2, -0.15) is 5.10 Å². The van der Waals surface area contributed by atoms with E-state index in [4.69, 9.17) is 44.8 Å². The second kappa shape index (κ2) is 10.6. The Hall–Kier alpha value is -2.53. The standard InChI is InChI=1S/C23H20Cl3N3O5S/c1-33-22-9-7-18(34-30)12-23(22)35(31,32)27-13-17-11-21(14-2-4-15(24)5-3-14)29(28-17)20-8-6-16(25)10-19(20)26/h2-10,12,21,27,30H,11,13H2,1H3. The molecule has 0 saturated carbocycles. The Morgan fingerprint density at radius 2 is 1.77 bits per heavy atom. The minimum absolute atomic E-state index is 0.0456. The van der Waals surface area contributed by atoms with Crippen LogP contribution in [0.2, 0.25) is 15.1 Å². The van der Waals surface area contributed by atoms with E-state index in [1.54, 1.807) is 35.3 Å². The van der Waals surface area contributed by atoms with Gasteiger partial charge in [0.2, 0.25) is 10.0 Å². The Kier molecular flexibility index (Phi) is 7.75. The number of hydrazone groups is 1. The van der Waals surface area contributed by atoms with Gasteiger partial charge in [-0.05, 0) is 48.0 Å². The maximum absolute atomic E-state index is 13.0. The summed E-state index contributed by atoms with van der Waals surface area (Å²) < 4.78 is 33.7. The first-order valence-corrected chi connectivity index (χ1v) is 12.9. The van der Waals surface area contributed by atoms with Crippen molar-refractivity contribution in [1.29, 1.82) is 0 Å². The van der Waals surface area contributed by atoms with Crippen LogP contribution in [0, 0.1) is 0 Å². The average molecular weight is 557 g/mol. The van der Waals surface area contributed by atoms with E-state index in [0.717, 1.165) is 11.6 Å². The second-order valence-electron chi connectivity index (χ2n) is 7.61. The van der Waals surface area contributed by atoms with E-state index >= 15 is 0 Å². The molecule has 0 fully saturated rings. The molecule has 184 valence electrons. The number of hydrogen-bond donors (Lipinski definition) is 2. The average Bonchev–Trinajstić information content (AvgIpc) is 3.27. The summed E-state index contributed by atoms with van der Waals surface area (Å²) in [6.07, 6.45) is 0.431. The van der Waals surface area contributed by atoms with Crippen LogP contribution < -0.4 is 19.4 Å². The summed E-state index contributed by atoms with van der Waals surface area (Å²) in [5, 5.41) is 16.8. The zero-order valence-corrected chi connectivity index (χ0v) is 21.4. The number of rotatable bonds is 8. The molecule has 0 spiro atoms. The van der Waals surface area contributed by atoms with Crippen LogP contribution in [0.25, 0.3) is 0 Å². The lowest BCUT2D eigenvalue weighted by molar-refractivity contribution is -0.137. The summed E-state index contributed by atoms with van der Waals surface area (Å²) in [6, 6.07) is 16.1. The van der Waals surface area contributed by atoms with E-state index in [1.807, 2.05) is 12.1 Å². The van der Waals surface area contributed by atoms with E-state index < -0.39 is 10.0 Å². The summed E-state index contributed by atoms with van der Waals surface area (Å²) in [6.45, 7) is -0.0680. The number of ether oxygens (including phenoxy) is 1. The minimum atomic E-state index is -4.03. The maximum Gasteiger partial charge on any atom is 0.244 e. The van der Waals surface area contributed by atoms with Crippen molar-refractivity contribution in [3.05, 3.63) is 81.3 Å². The van der Waals surface area contributed by atoms with Gasteiger partial charge in [0.05, 0.1) is 36.1 Å². The topological polar surface area (TPSA) is 100 Å². The first kappa shape index (κ1) is 25.6. The highest BCUT2D eigenvalue weighted by Gasteiger charge is 2.31. The van der Waals surface area contributed by atoms with Crippen molar-refractivity contribution in [2.75, 3.05) is 18.7 Å². The van der Waals surface area contributed by atoms with Gasteiger partial charge in [-0.25, -0.2) is 18.4 Å². The monoisotopic (exact) mass is 555 g/mol. The Balaban J connectivity index is 1.63. The van der Waals surface area contributed by atoms with Gasteiger partial charge >= 0.3 is 0 Å². The third-order valence-corrected chi connectivity index (χ3v) is 7.59. The number of benzene rings is 3. The summed E-state index contributed by atoms with van der Waals surface area (Å²) in [7, 11) is -2.69. The normalized spacial score (nSPS) is 15.7. The molecule has 1 aliphatic rings. The van der Waals surface area contributed by atoms with E-state index in [2.05, 4.69) is 14.7 Å². The number of nitrogens with one attached hydrogen (secondary N) is 1. The fourth-order valence-corrected chi connectivity index (χ4v) is 5.51. The van der Waals surface area contributed by atoms with E-state index in [-0.39, 0.29) is 29.0 Å². The van der Waals surface area contributed by atoms with Crippen LogP contribution in [0.4, 0.5) is 5.69 Å². The quantitative estimate of drug-likeness (QED) is 0.269. The van der Waals surface area contributed by atoms with Gasteiger partial charge in [0.15, 0.2) is 5.75 Å². The molecular formula is C23H20Cl3N3O5S. The van der Waals surface area contributed by atoms with Crippen molar-refractivity contribution in [3.63, 3.8) is 0 Å². The van der Waals surface area contributed by atoms with Crippen LogP contribution in [0.3, 0.4) is 0 Å². The third-order valence-electron chi connectivity index (χ3n) is 5.38. The number of nitrogens with zero attached hydrogens (tertiary/aromatic N) is 2. The van der Waals surface area contributed by atoms with Gasteiger partial charge in [0.1, 0.15) is 10.6 Å². The largest absolute Gasteiger partial charge is 0.495 e. The molecule has 0 radical (unpaired) electrons. The molecule has 1 unspecified atom stereocenters.